The van der Waals surface area contributed by atoms with E-state index in [1.165, 1.54) is 18.3 Å². The van der Waals surface area contributed by atoms with E-state index in [0.29, 0.717) is 29.5 Å². The highest BCUT2D eigenvalue weighted by molar-refractivity contribution is 7.90. The third-order valence-electron chi connectivity index (χ3n) is 6.69. The highest BCUT2D eigenvalue weighted by atomic mass is 32.2. The van der Waals surface area contributed by atoms with Crippen LogP contribution in [0.15, 0.2) is 59.6 Å². The molecule has 0 radical (unpaired) electrons. The van der Waals surface area contributed by atoms with Crippen LogP contribution in [0.25, 0.3) is 11.3 Å². The Hall–Kier alpha value is -3.97. The largest absolute Gasteiger partial charge is 0.383 e. The molecule has 2 aromatic heterocycles. The molecular formula is C25H26N6O3S. The average molecular weight is 491 g/mol. The molecule has 0 spiro atoms. The van der Waals surface area contributed by atoms with Crippen molar-refractivity contribution < 1.29 is 13.2 Å². The minimum atomic E-state index is -4.25. The summed E-state index contributed by atoms with van der Waals surface area (Å²) < 4.78 is 27.9. The van der Waals surface area contributed by atoms with Crippen LogP contribution in [0.2, 0.25) is 0 Å². The number of hydrogen-bond donors (Lipinski definition) is 2. The van der Waals surface area contributed by atoms with Gasteiger partial charge in [0.25, 0.3) is 15.9 Å². The lowest BCUT2D eigenvalue weighted by atomic mass is 9.90. The lowest BCUT2D eigenvalue weighted by molar-refractivity contribution is 0.0981. The first-order valence-electron chi connectivity index (χ1n) is 11.1. The van der Waals surface area contributed by atoms with Gasteiger partial charge in [0, 0.05) is 23.8 Å². The van der Waals surface area contributed by atoms with Gasteiger partial charge in [-0.1, -0.05) is 19.1 Å². The van der Waals surface area contributed by atoms with Gasteiger partial charge in [0.15, 0.2) is 0 Å². The topological polar surface area (TPSA) is 142 Å². The molecule has 0 aliphatic carbocycles. The summed E-state index contributed by atoms with van der Waals surface area (Å²) in [6, 6.07) is 15.0. The van der Waals surface area contributed by atoms with Gasteiger partial charge in [0.2, 0.25) is 0 Å². The first-order chi connectivity index (χ1) is 16.5. The number of rotatable bonds is 5. The Morgan fingerprint density at radius 1 is 1.20 bits per heavy atom. The van der Waals surface area contributed by atoms with E-state index in [9.17, 15) is 13.2 Å². The summed E-state index contributed by atoms with van der Waals surface area (Å²) in [5, 5.41) is 9.08. The summed E-state index contributed by atoms with van der Waals surface area (Å²) in [7, 11) is -4.25. The van der Waals surface area contributed by atoms with Gasteiger partial charge in [-0.2, -0.15) is 5.26 Å². The minimum absolute atomic E-state index is 0.135. The highest BCUT2D eigenvalue weighted by Gasteiger charge is 2.41. The number of nitrogens with zero attached hydrogens (tertiary/aromatic N) is 4. The quantitative estimate of drug-likeness (QED) is 0.554. The van der Waals surface area contributed by atoms with Crippen molar-refractivity contribution in [1.29, 1.82) is 5.26 Å². The number of hydrogen-bond acceptors (Lipinski definition) is 8. The highest BCUT2D eigenvalue weighted by Crippen LogP contribution is 2.39. The molecule has 1 saturated heterocycles. The molecule has 9 nitrogen and oxygen atoms in total. The van der Waals surface area contributed by atoms with Crippen molar-refractivity contribution in [1.82, 2.24) is 14.7 Å². The maximum atomic E-state index is 13.3. The Balaban J connectivity index is 1.78. The number of nitrogens with two attached hydrogens (primary N) is 1. The number of carbonyl (C=O) groups is 1. The summed E-state index contributed by atoms with van der Waals surface area (Å²) in [6.45, 7) is 6.96. The van der Waals surface area contributed by atoms with Crippen LogP contribution in [0.5, 0.6) is 0 Å². The molecule has 1 atom stereocenters. The second-order valence-electron chi connectivity index (χ2n) is 9.07. The van der Waals surface area contributed by atoms with Crippen LogP contribution in [-0.2, 0) is 10.0 Å². The van der Waals surface area contributed by atoms with Crippen molar-refractivity contribution in [3.05, 3.63) is 65.9 Å². The van der Waals surface area contributed by atoms with E-state index >= 15 is 0 Å². The van der Waals surface area contributed by atoms with Gasteiger partial charge in [-0.25, -0.2) is 23.1 Å². The standard InChI is InChI=1S/C25H26N6O3S/c1-16-12-14-31(25(16,2)3)23-19(10-11-20(29-23)18-8-6-17(15-26)7-9-18)24(32)30-35(33,34)21-5-4-13-28-22(21)27/h4-11,13,16H,12,14H2,1-3H3,(H2,27,28)(H,30,32). The molecule has 0 bridgehead atoms. The van der Waals surface area contributed by atoms with Gasteiger partial charge in [0.05, 0.1) is 22.9 Å². The maximum Gasteiger partial charge on any atom is 0.268 e. The van der Waals surface area contributed by atoms with Gasteiger partial charge in [-0.15, -0.1) is 0 Å². The van der Waals surface area contributed by atoms with Crippen molar-refractivity contribution in [3.63, 3.8) is 0 Å². The van der Waals surface area contributed by atoms with Crippen LogP contribution in [0.4, 0.5) is 11.6 Å². The lowest BCUT2D eigenvalue weighted by Gasteiger charge is -2.36. The van der Waals surface area contributed by atoms with E-state index in [1.54, 1.807) is 36.4 Å². The predicted molar refractivity (Wildman–Crippen MR) is 133 cm³/mol. The Kier molecular flexibility index (Phi) is 6.21. The molecule has 1 aliphatic heterocycles. The van der Waals surface area contributed by atoms with Crippen molar-refractivity contribution in [2.75, 3.05) is 17.2 Å². The Labute approximate surface area is 204 Å². The van der Waals surface area contributed by atoms with E-state index in [0.717, 1.165) is 12.0 Å². The van der Waals surface area contributed by atoms with E-state index in [1.807, 2.05) is 4.90 Å². The molecule has 35 heavy (non-hydrogen) atoms. The number of aromatic nitrogens is 2. The number of benzene rings is 1. The summed E-state index contributed by atoms with van der Waals surface area (Å²) in [4.78, 5) is 23.7. The molecule has 3 heterocycles. The molecule has 1 aliphatic rings. The fourth-order valence-corrected chi connectivity index (χ4v) is 5.23. The number of nitrogen functional groups attached to an aromatic ring is 1. The minimum Gasteiger partial charge on any atom is -0.383 e. The van der Waals surface area contributed by atoms with E-state index < -0.39 is 15.9 Å². The number of pyridine rings is 2. The van der Waals surface area contributed by atoms with Crippen LogP contribution in [0.1, 0.15) is 43.1 Å². The van der Waals surface area contributed by atoms with E-state index in [2.05, 4.69) is 36.5 Å². The fourth-order valence-electron chi connectivity index (χ4n) is 4.18. The van der Waals surface area contributed by atoms with Crippen LogP contribution < -0.4 is 15.4 Å². The third-order valence-corrected chi connectivity index (χ3v) is 8.07. The van der Waals surface area contributed by atoms with Crippen LogP contribution >= 0.6 is 0 Å². The second kappa shape index (κ2) is 9.00. The third kappa shape index (κ3) is 4.55. The van der Waals surface area contributed by atoms with Gasteiger partial charge < -0.3 is 10.6 Å². The van der Waals surface area contributed by atoms with E-state index in [-0.39, 0.29) is 21.8 Å². The normalized spacial score (nSPS) is 17.1. The van der Waals surface area contributed by atoms with E-state index in [4.69, 9.17) is 16.0 Å². The molecule has 3 aromatic rings. The van der Waals surface area contributed by atoms with Crippen LogP contribution in [0.3, 0.4) is 0 Å². The molecule has 180 valence electrons. The molecule has 1 aromatic carbocycles. The molecule has 4 rings (SSSR count). The molecule has 1 fully saturated rings. The van der Waals surface area contributed by atoms with Crippen molar-refractivity contribution in [2.45, 2.75) is 37.6 Å². The van der Waals surface area contributed by atoms with Gasteiger partial charge in [0.1, 0.15) is 16.5 Å². The molecular weight excluding hydrogens is 464 g/mol. The summed E-state index contributed by atoms with van der Waals surface area (Å²) in [6.07, 6.45) is 2.28. The van der Waals surface area contributed by atoms with Crippen molar-refractivity contribution >= 4 is 27.6 Å². The number of nitrogens with one attached hydrogen (secondary N) is 1. The molecule has 1 unspecified atom stereocenters. The van der Waals surface area contributed by atoms with Crippen LogP contribution in [-0.4, -0.2) is 36.4 Å². The van der Waals surface area contributed by atoms with Crippen molar-refractivity contribution in [3.8, 4) is 17.3 Å². The van der Waals surface area contributed by atoms with Gasteiger partial charge in [-0.05, 0) is 62.6 Å². The number of amides is 1. The van der Waals surface area contributed by atoms with Gasteiger partial charge >= 0.3 is 0 Å². The fraction of sp³-hybridized carbons (Fsp3) is 0.280. The zero-order valence-electron chi connectivity index (χ0n) is 19.7. The first kappa shape index (κ1) is 24.2. The molecule has 10 heteroatoms. The lowest BCUT2D eigenvalue weighted by Crippen LogP contribution is -2.43. The number of sulfonamides is 1. The number of nitriles is 1. The summed E-state index contributed by atoms with van der Waals surface area (Å²) in [5.74, 6) is -0.278. The monoisotopic (exact) mass is 490 g/mol. The molecule has 3 N–H and O–H groups in total. The Bertz CT molecular complexity index is 1430. The zero-order valence-corrected chi connectivity index (χ0v) is 20.5. The molecule has 1 amide bonds. The van der Waals surface area contributed by atoms with Gasteiger partial charge in [-0.3, -0.25) is 4.79 Å². The Morgan fingerprint density at radius 3 is 2.51 bits per heavy atom. The summed E-state index contributed by atoms with van der Waals surface area (Å²) in [5.41, 5.74) is 7.46. The number of carbonyl (C=O) groups excluding carboxylic acids is 1. The summed E-state index contributed by atoms with van der Waals surface area (Å²) >= 11 is 0. The zero-order chi connectivity index (χ0) is 25.4. The molecule has 0 saturated carbocycles. The smallest absolute Gasteiger partial charge is 0.268 e. The predicted octanol–water partition coefficient (Wildman–Crippen LogP) is 3.34. The van der Waals surface area contributed by atoms with Crippen molar-refractivity contribution in [2.24, 2.45) is 5.92 Å². The Morgan fingerprint density at radius 2 is 1.91 bits per heavy atom. The second-order valence-corrected chi connectivity index (χ2v) is 10.7. The number of anilines is 2. The SMILES string of the molecule is CC1CCN(c2nc(-c3ccc(C#N)cc3)ccc2C(=O)NS(=O)(=O)c2cccnc2N)C1(C)C. The maximum absolute atomic E-state index is 13.3. The first-order valence-corrected chi connectivity index (χ1v) is 12.6. The average Bonchev–Trinajstić information content (AvgIpc) is 3.10. The van der Waals surface area contributed by atoms with Crippen LogP contribution in [0, 0.1) is 17.2 Å².